The fourth-order valence-electron chi connectivity index (χ4n) is 3.77. The lowest BCUT2D eigenvalue weighted by atomic mass is 10.0. The van der Waals surface area contributed by atoms with E-state index in [4.69, 9.17) is 45.3 Å². The number of anilines is 2. The van der Waals surface area contributed by atoms with E-state index in [-0.39, 0.29) is 6.10 Å². The minimum Gasteiger partial charge on any atom is -0.495 e. The number of benzene rings is 2. The molecular weight excluding hydrogens is 447 g/mol. The normalized spacial score (nSPS) is 15.0. The third-order valence-corrected chi connectivity index (χ3v) is 6.51. The molecule has 0 atom stereocenters. The predicted octanol–water partition coefficient (Wildman–Crippen LogP) is 4.73. The largest absolute Gasteiger partial charge is 0.495 e. The number of halogens is 3. The Balaban J connectivity index is 1.82. The van der Waals surface area contributed by atoms with Crippen LogP contribution in [0.4, 0.5) is 11.5 Å². The van der Waals surface area contributed by atoms with Gasteiger partial charge < -0.3 is 20.5 Å². The zero-order valence-electron chi connectivity index (χ0n) is 16.3. The summed E-state index contributed by atoms with van der Waals surface area (Å²) in [6.45, 7) is 1.33. The number of methoxy groups -OCH3 is 1. The van der Waals surface area contributed by atoms with E-state index in [1.807, 2.05) is 18.2 Å². The number of ether oxygens (including phenoxy) is 1. The number of nitrogens with two attached hydrogens (primary N) is 1. The van der Waals surface area contributed by atoms with Crippen LogP contribution >= 0.6 is 34.8 Å². The molecule has 3 N–H and O–H groups in total. The number of fused-ring (bicyclic) bond motifs is 1. The molecule has 0 aliphatic carbocycles. The van der Waals surface area contributed by atoms with Crippen molar-refractivity contribution in [1.29, 1.82) is 0 Å². The van der Waals surface area contributed by atoms with E-state index in [1.165, 1.54) is 0 Å². The van der Waals surface area contributed by atoms with Gasteiger partial charge in [-0.1, -0.05) is 40.9 Å². The Morgan fingerprint density at radius 3 is 2.53 bits per heavy atom. The van der Waals surface area contributed by atoms with Crippen LogP contribution in [0.15, 0.2) is 24.3 Å². The molecule has 0 spiro atoms. The Kier molecular flexibility index (Phi) is 6.11. The maximum absolute atomic E-state index is 9.84. The molecule has 1 fully saturated rings. The van der Waals surface area contributed by atoms with Crippen LogP contribution in [0.25, 0.3) is 10.8 Å². The number of piperidine rings is 1. The van der Waals surface area contributed by atoms with Gasteiger partial charge in [0, 0.05) is 24.9 Å². The van der Waals surface area contributed by atoms with Crippen LogP contribution in [0.1, 0.15) is 24.1 Å². The highest BCUT2D eigenvalue weighted by molar-refractivity contribution is 6.45. The van der Waals surface area contributed by atoms with Crippen molar-refractivity contribution in [2.24, 2.45) is 0 Å². The Morgan fingerprint density at radius 2 is 1.87 bits per heavy atom. The maximum Gasteiger partial charge on any atom is 0.161 e. The minimum atomic E-state index is -0.296. The van der Waals surface area contributed by atoms with Gasteiger partial charge in [-0.05, 0) is 36.6 Å². The first-order valence-electron chi connectivity index (χ1n) is 9.57. The van der Waals surface area contributed by atoms with Gasteiger partial charge in [0.15, 0.2) is 5.82 Å². The molecule has 158 valence electrons. The van der Waals surface area contributed by atoms with Gasteiger partial charge in [-0.3, -0.25) is 0 Å². The van der Waals surface area contributed by atoms with Crippen LogP contribution < -0.4 is 15.4 Å². The molecule has 2 heterocycles. The summed E-state index contributed by atoms with van der Waals surface area (Å²) in [5, 5.41) is 21.5. The zero-order chi connectivity index (χ0) is 21.4. The Labute approximate surface area is 189 Å². The summed E-state index contributed by atoms with van der Waals surface area (Å²) in [6.07, 6.45) is 1.52. The molecule has 6 nitrogen and oxygen atoms in total. The number of rotatable bonds is 4. The molecular formula is C21H21Cl3N4O2. The number of hydrogen-bond acceptors (Lipinski definition) is 6. The predicted molar refractivity (Wildman–Crippen MR) is 122 cm³/mol. The van der Waals surface area contributed by atoms with Crippen LogP contribution in [-0.2, 0) is 6.42 Å². The summed E-state index contributed by atoms with van der Waals surface area (Å²) >= 11 is 19.0. The third kappa shape index (κ3) is 3.97. The van der Waals surface area contributed by atoms with Crippen molar-refractivity contribution >= 4 is 57.1 Å². The second kappa shape index (κ2) is 8.63. The first kappa shape index (κ1) is 21.2. The molecule has 0 amide bonds. The van der Waals surface area contributed by atoms with Crippen LogP contribution in [0.3, 0.4) is 0 Å². The van der Waals surface area contributed by atoms with Crippen LogP contribution in [-0.4, -0.2) is 41.6 Å². The molecule has 1 aliphatic heterocycles. The quantitative estimate of drug-likeness (QED) is 0.540. The van der Waals surface area contributed by atoms with Crippen LogP contribution in [0.5, 0.6) is 5.75 Å². The Hall–Kier alpha value is -1.99. The molecule has 1 aliphatic rings. The number of aliphatic hydroxyl groups excluding tert-OH is 1. The van der Waals surface area contributed by atoms with E-state index >= 15 is 0 Å². The van der Waals surface area contributed by atoms with E-state index in [2.05, 4.69) is 15.1 Å². The smallest absolute Gasteiger partial charge is 0.161 e. The Morgan fingerprint density at radius 1 is 1.13 bits per heavy atom. The number of nitrogens with zero attached hydrogens (tertiary/aromatic N) is 3. The van der Waals surface area contributed by atoms with E-state index in [9.17, 15) is 5.11 Å². The van der Waals surface area contributed by atoms with Gasteiger partial charge in [0.25, 0.3) is 0 Å². The van der Waals surface area contributed by atoms with Gasteiger partial charge in [0.05, 0.1) is 45.0 Å². The van der Waals surface area contributed by atoms with Gasteiger partial charge >= 0.3 is 0 Å². The molecule has 0 bridgehead atoms. The minimum absolute atomic E-state index is 0.296. The summed E-state index contributed by atoms with van der Waals surface area (Å²) in [7, 11) is 1.58. The lowest BCUT2D eigenvalue weighted by Gasteiger charge is -2.31. The molecule has 0 saturated carbocycles. The summed E-state index contributed by atoms with van der Waals surface area (Å²) < 4.78 is 5.22. The van der Waals surface area contributed by atoms with Crippen molar-refractivity contribution in [2.45, 2.75) is 25.4 Å². The average Bonchev–Trinajstić information content (AvgIpc) is 2.73. The lowest BCUT2D eigenvalue weighted by Crippen LogP contribution is -2.36. The van der Waals surface area contributed by atoms with Gasteiger partial charge in [-0.2, -0.15) is 5.10 Å². The van der Waals surface area contributed by atoms with E-state index in [0.717, 1.165) is 22.0 Å². The molecule has 30 heavy (non-hydrogen) atoms. The van der Waals surface area contributed by atoms with Crippen LogP contribution in [0, 0.1) is 0 Å². The standard InChI is InChI=1S/C21H21Cl3N4O2/c1-30-17-3-2-11(8-14(17)22)9-16-13-10-15(23)19(24)20(25)18(13)21(27-26-16)28-6-4-12(29)5-7-28/h2-3,8,10,12,29H,4-7,9,25H2,1H3. The van der Waals surface area contributed by atoms with Crippen molar-refractivity contribution in [3.05, 3.63) is 50.6 Å². The highest BCUT2D eigenvalue weighted by Crippen LogP contribution is 2.41. The van der Waals surface area contributed by atoms with Crippen LogP contribution in [0.2, 0.25) is 15.1 Å². The number of hydrogen-bond donors (Lipinski definition) is 2. The molecule has 0 unspecified atom stereocenters. The third-order valence-electron chi connectivity index (χ3n) is 5.41. The monoisotopic (exact) mass is 466 g/mol. The summed E-state index contributed by atoms with van der Waals surface area (Å²) in [5.41, 5.74) is 8.43. The highest BCUT2D eigenvalue weighted by Gasteiger charge is 2.24. The van der Waals surface area contributed by atoms with Crippen molar-refractivity contribution in [1.82, 2.24) is 10.2 Å². The fraction of sp³-hybridized carbons (Fsp3) is 0.333. The van der Waals surface area contributed by atoms with Gasteiger partial charge in [-0.25, -0.2) is 0 Å². The van der Waals surface area contributed by atoms with E-state index in [1.54, 1.807) is 13.2 Å². The van der Waals surface area contributed by atoms with Crippen molar-refractivity contribution in [3.8, 4) is 5.75 Å². The van der Waals surface area contributed by atoms with Gasteiger partial charge in [-0.15, -0.1) is 5.10 Å². The van der Waals surface area contributed by atoms with E-state index in [0.29, 0.717) is 64.7 Å². The molecule has 9 heteroatoms. The molecule has 2 aromatic carbocycles. The molecule has 4 rings (SSSR count). The van der Waals surface area contributed by atoms with Gasteiger partial charge in [0.1, 0.15) is 5.75 Å². The Bertz CT molecular complexity index is 1100. The number of aromatic nitrogens is 2. The second-order valence-corrected chi connectivity index (χ2v) is 8.54. The van der Waals surface area contributed by atoms with Gasteiger partial charge in [0.2, 0.25) is 0 Å². The summed E-state index contributed by atoms with van der Waals surface area (Å²) in [6, 6.07) is 7.37. The first-order chi connectivity index (χ1) is 14.4. The number of aliphatic hydroxyl groups is 1. The molecule has 0 radical (unpaired) electrons. The highest BCUT2D eigenvalue weighted by atomic mass is 35.5. The first-order valence-corrected chi connectivity index (χ1v) is 10.7. The molecule has 3 aromatic rings. The summed E-state index contributed by atoms with van der Waals surface area (Å²) in [5.74, 6) is 1.27. The topological polar surface area (TPSA) is 84.5 Å². The molecule has 1 saturated heterocycles. The van der Waals surface area contributed by atoms with Crippen molar-refractivity contribution < 1.29 is 9.84 Å². The maximum atomic E-state index is 9.84. The van der Waals surface area contributed by atoms with Crippen molar-refractivity contribution in [3.63, 3.8) is 0 Å². The van der Waals surface area contributed by atoms with Crippen molar-refractivity contribution in [2.75, 3.05) is 30.8 Å². The zero-order valence-corrected chi connectivity index (χ0v) is 18.6. The SMILES string of the molecule is COc1ccc(Cc2nnc(N3CCC(O)CC3)c3c(N)c(Cl)c(Cl)cc23)cc1Cl. The number of nitrogen functional groups attached to an aromatic ring is 1. The van der Waals surface area contributed by atoms with E-state index < -0.39 is 0 Å². The fourth-order valence-corrected chi connectivity index (χ4v) is 4.41. The average molecular weight is 468 g/mol. The molecule has 1 aromatic heterocycles. The summed E-state index contributed by atoms with van der Waals surface area (Å²) in [4.78, 5) is 2.08. The second-order valence-electron chi connectivity index (χ2n) is 7.34. The lowest BCUT2D eigenvalue weighted by molar-refractivity contribution is 0.145.